The van der Waals surface area contributed by atoms with E-state index in [4.69, 9.17) is 0 Å². The summed E-state index contributed by atoms with van der Waals surface area (Å²) < 4.78 is 12.3. The number of hydrogen-bond acceptors (Lipinski definition) is 2. The van der Waals surface area contributed by atoms with Crippen LogP contribution in [0, 0.1) is 0 Å². The first-order valence-corrected chi connectivity index (χ1v) is 10.7. The maximum atomic E-state index is 12.3. The van der Waals surface area contributed by atoms with Crippen LogP contribution in [-0.2, 0) is 10.8 Å². The number of likely N-dealkylation sites (tertiary alicyclic amines) is 1. The summed E-state index contributed by atoms with van der Waals surface area (Å²) in [5, 5.41) is 3.37. The van der Waals surface area contributed by atoms with E-state index in [1.165, 1.54) is 11.1 Å². The standard InChI is InChI=1S/C22H27N3OS/c1-23-22(24-14-17-27(26)21-10-6-3-7-11-21)25-15-12-20(13-16-25)18-19-8-4-2-5-9-19/h2-11,18H,12-17H2,1H3,(H,23,24). The Kier molecular flexibility index (Phi) is 7.22. The van der Waals surface area contributed by atoms with Gasteiger partial charge in [-0.15, -0.1) is 0 Å². The predicted molar refractivity (Wildman–Crippen MR) is 114 cm³/mol. The first-order chi connectivity index (χ1) is 13.3. The molecule has 0 radical (unpaired) electrons. The number of nitrogens with one attached hydrogen (secondary N) is 1. The normalized spacial score (nSPS) is 16.1. The second-order valence-electron chi connectivity index (χ2n) is 6.54. The number of nitrogens with zero attached hydrogens (tertiary/aromatic N) is 2. The fourth-order valence-corrected chi connectivity index (χ4v) is 4.20. The van der Waals surface area contributed by atoms with Crippen molar-refractivity contribution in [2.75, 3.05) is 32.4 Å². The van der Waals surface area contributed by atoms with Gasteiger partial charge in [0, 0.05) is 37.3 Å². The van der Waals surface area contributed by atoms with Crippen molar-refractivity contribution in [3.8, 4) is 0 Å². The van der Waals surface area contributed by atoms with Crippen molar-refractivity contribution in [2.45, 2.75) is 17.7 Å². The lowest BCUT2D eigenvalue weighted by Gasteiger charge is -2.31. The quantitative estimate of drug-likeness (QED) is 0.636. The Balaban J connectivity index is 1.46. The molecule has 0 bridgehead atoms. The van der Waals surface area contributed by atoms with E-state index >= 15 is 0 Å². The molecule has 0 aromatic heterocycles. The second-order valence-corrected chi connectivity index (χ2v) is 8.11. The highest BCUT2D eigenvalue weighted by Crippen LogP contribution is 2.19. The first kappa shape index (κ1) is 19.4. The number of benzene rings is 2. The minimum absolute atomic E-state index is 0.579. The maximum Gasteiger partial charge on any atom is 0.193 e. The van der Waals surface area contributed by atoms with Crippen LogP contribution in [0.1, 0.15) is 18.4 Å². The molecule has 2 aromatic carbocycles. The smallest absolute Gasteiger partial charge is 0.193 e. The number of hydrogen-bond donors (Lipinski definition) is 1. The highest BCUT2D eigenvalue weighted by molar-refractivity contribution is 7.85. The average molecular weight is 382 g/mol. The summed E-state index contributed by atoms with van der Waals surface area (Å²) >= 11 is 0. The lowest BCUT2D eigenvalue weighted by molar-refractivity contribution is 0.376. The fraction of sp³-hybridized carbons (Fsp3) is 0.318. The Hall–Kier alpha value is -2.40. The molecule has 0 amide bonds. The van der Waals surface area contributed by atoms with Gasteiger partial charge in [0.2, 0.25) is 0 Å². The molecule has 1 fully saturated rings. The molecule has 1 N–H and O–H groups in total. The molecule has 1 aliphatic rings. The van der Waals surface area contributed by atoms with Crippen LogP contribution in [0.25, 0.3) is 6.08 Å². The second kappa shape index (κ2) is 10.1. The molecule has 1 heterocycles. The molecule has 142 valence electrons. The summed E-state index contributed by atoms with van der Waals surface area (Å²) in [5.41, 5.74) is 2.75. The topological polar surface area (TPSA) is 44.7 Å². The minimum atomic E-state index is -0.980. The van der Waals surface area contributed by atoms with Crippen molar-refractivity contribution in [2.24, 2.45) is 4.99 Å². The molecule has 0 aliphatic carbocycles. The molecule has 1 unspecified atom stereocenters. The highest BCUT2D eigenvalue weighted by Gasteiger charge is 2.17. The molecule has 0 saturated carbocycles. The van der Waals surface area contributed by atoms with Crippen LogP contribution >= 0.6 is 0 Å². The monoisotopic (exact) mass is 381 g/mol. The molecular formula is C22H27N3OS. The molecule has 27 heavy (non-hydrogen) atoms. The summed E-state index contributed by atoms with van der Waals surface area (Å²) in [6, 6.07) is 20.1. The minimum Gasteiger partial charge on any atom is -0.355 e. The van der Waals surface area contributed by atoms with E-state index in [1.807, 2.05) is 43.4 Å². The van der Waals surface area contributed by atoms with Crippen molar-refractivity contribution in [1.29, 1.82) is 0 Å². The Morgan fingerprint density at radius 1 is 1.07 bits per heavy atom. The van der Waals surface area contributed by atoms with Crippen LogP contribution in [0.4, 0.5) is 0 Å². The van der Waals surface area contributed by atoms with Crippen molar-refractivity contribution in [3.63, 3.8) is 0 Å². The largest absolute Gasteiger partial charge is 0.355 e. The maximum absolute atomic E-state index is 12.3. The summed E-state index contributed by atoms with van der Waals surface area (Å²) in [5.74, 6) is 1.48. The molecule has 5 heteroatoms. The third kappa shape index (κ3) is 5.79. The van der Waals surface area contributed by atoms with Crippen molar-refractivity contribution < 1.29 is 4.21 Å². The zero-order valence-electron chi connectivity index (χ0n) is 15.8. The van der Waals surface area contributed by atoms with E-state index in [9.17, 15) is 4.21 Å². The van der Waals surface area contributed by atoms with E-state index in [0.29, 0.717) is 12.3 Å². The molecule has 1 aliphatic heterocycles. The van der Waals surface area contributed by atoms with Crippen LogP contribution < -0.4 is 5.32 Å². The molecule has 0 spiro atoms. The molecule has 3 rings (SSSR count). The average Bonchev–Trinajstić information content (AvgIpc) is 2.73. The van der Waals surface area contributed by atoms with Gasteiger partial charge in [0.25, 0.3) is 0 Å². The number of aliphatic imine (C=N–C) groups is 1. The van der Waals surface area contributed by atoms with Crippen LogP contribution in [0.15, 0.2) is 76.1 Å². The number of piperidine rings is 1. The third-order valence-electron chi connectivity index (χ3n) is 4.66. The van der Waals surface area contributed by atoms with E-state index in [0.717, 1.165) is 36.8 Å². The zero-order valence-corrected chi connectivity index (χ0v) is 16.6. The van der Waals surface area contributed by atoms with E-state index in [1.54, 1.807) is 0 Å². The molecular weight excluding hydrogens is 354 g/mol. The molecule has 4 nitrogen and oxygen atoms in total. The number of rotatable bonds is 5. The van der Waals surface area contributed by atoms with Gasteiger partial charge < -0.3 is 10.2 Å². The van der Waals surface area contributed by atoms with Crippen LogP contribution in [0.5, 0.6) is 0 Å². The lowest BCUT2D eigenvalue weighted by Crippen LogP contribution is -2.45. The van der Waals surface area contributed by atoms with Crippen LogP contribution in [0.3, 0.4) is 0 Å². The van der Waals surface area contributed by atoms with Crippen molar-refractivity contribution in [1.82, 2.24) is 10.2 Å². The van der Waals surface area contributed by atoms with Gasteiger partial charge in [-0.05, 0) is 30.5 Å². The van der Waals surface area contributed by atoms with Crippen molar-refractivity contribution >= 4 is 22.8 Å². The summed E-state index contributed by atoms with van der Waals surface area (Å²) in [6.45, 7) is 2.57. The molecule has 1 atom stereocenters. The Morgan fingerprint density at radius 3 is 2.33 bits per heavy atom. The van der Waals surface area contributed by atoms with Gasteiger partial charge in [-0.3, -0.25) is 9.20 Å². The van der Waals surface area contributed by atoms with E-state index in [2.05, 4.69) is 45.6 Å². The van der Waals surface area contributed by atoms with Gasteiger partial charge in [-0.25, -0.2) is 0 Å². The summed E-state index contributed by atoms with van der Waals surface area (Å²) in [6.07, 6.45) is 4.40. The summed E-state index contributed by atoms with van der Waals surface area (Å²) in [7, 11) is 0.831. The van der Waals surface area contributed by atoms with E-state index < -0.39 is 10.8 Å². The molecule has 1 saturated heterocycles. The van der Waals surface area contributed by atoms with Crippen molar-refractivity contribution in [3.05, 3.63) is 71.8 Å². The Labute approximate surface area is 164 Å². The van der Waals surface area contributed by atoms with Crippen LogP contribution in [0.2, 0.25) is 0 Å². The highest BCUT2D eigenvalue weighted by atomic mass is 32.2. The first-order valence-electron chi connectivity index (χ1n) is 9.40. The van der Waals surface area contributed by atoms with Crippen LogP contribution in [-0.4, -0.2) is 47.5 Å². The molecule has 2 aromatic rings. The lowest BCUT2D eigenvalue weighted by atomic mass is 10.0. The predicted octanol–water partition coefficient (Wildman–Crippen LogP) is 3.55. The number of guanidine groups is 1. The summed E-state index contributed by atoms with van der Waals surface area (Å²) in [4.78, 5) is 7.57. The Bertz CT molecular complexity index is 793. The van der Waals surface area contributed by atoms with Gasteiger partial charge in [-0.1, -0.05) is 60.2 Å². The van der Waals surface area contributed by atoms with Gasteiger partial charge in [-0.2, -0.15) is 0 Å². The SMILES string of the molecule is CN=C(NCCS(=O)c1ccccc1)N1CCC(=Cc2ccccc2)CC1. The van der Waals surface area contributed by atoms with E-state index in [-0.39, 0.29) is 0 Å². The Morgan fingerprint density at radius 2 is 1.70 bits per heavy atom. The zero-order chi connectivity index (χ0) is 18.9. The fourth-order valence-electron chi connectivity index (χ4n) is 3.21. The van der Waals surface area contributed by atoms with Gasteiger partial charge >= 0.3 is 0 Å². The van der Waals surface area contributed by atoms with Gasteiger partial charge in [0.05, 0.1) is 10.8 Å². The third-order valence-corrected chi connectivity index (χ3v) is 6.04. The van der Waals surface area contributed by atoms with Gasteiger partial charge in [0.15, 0.2) is 5.96 Å². The van der Waals surface area contributed by atoms with Gasteiger partial charge in [0.1, 0.15) is 0 Å².